The van der Waals surface area contributed by atoms with E-state index in [1.165, 1.54) is 0 Å². The normalized spacial score (nSPS) is 11.8. The highest BCUT2D eigenvalue weighted by molar-refractivity contribution is 9.10. The van der Waals surface area contributed by atoms with Crippen LogP contribution < -0.4 is 4.74 Å². The third-order valence-corrected chi connectivity index (χ3v) is 6.21. The molecule has 8 heteroatoms. The number of ether oxygens (including phenoxy) is 1. The third-order valence-electron chi connectivity index (χ3n) is 5.72. The second-order valence-corrected chi connectivity index (χ2v) is 9.65. The van der Waals surface area contributed by atoms with E-state index in [0.717, 1.165) is 38.8 Å². The summed E-state index contributed by atoms with van der Waals surface area (Å²) in [7, 11) is 4.00. The van der Waals surface area contributed by atoms with Gasteiger partial charge in [0.1, 0.15) is 12.4 Å². The molecule has 0 atom stereocenters. The lowest BCUT2D eigenvalue weighted by molar-refractivity contribution is -0.136. The maximum atomic E-state index is 10.9. The molecule has 0 spiro atoms. The number of halogens is 1. The first-order valence-electron chi connectivity index (χ1n) is 11.6. The van der Waals surface area contributed by atoms with Gasteiger partial charge in [-0.25, -0.2) is 4.99 Å². The minimum absolute atomic E-state index is 0.0282. The average Bonchev–Trinajstić information content (AvgIpc) is 3.16. The molecule has 0 aliphatic heterocycles. The number of aliphatic carboxylic acids is 1. The first-order valence-corrected chi connectivity index (χ1v) is 12.4. The highest BCUT2D eigenvalue weighted by Gasteiger charge is 2.19. The highest BCUT2D eigenvalue weighted by Crippen LogP contribution is 2.33. The van der Waals surface area contributed by atoms with E-state index in [1.807, 2.05) is 80.8 Å². The number of fused-ring (bicyclic) bond motifs is 1. The minimum atomic E-state index is -0.828. The molecule has 4 rings (SSSR count). The number of aromatic hydroxyl groups is 1. The fourth-order valence-electron chi connectivity index (χ4n) is 3.83. The number of likely N-dealkylation sites (N-methyl/N-ethyl adjacent to an activating group) is 1. The van der Waals surface area contributed by atoms with Crippen molar-refractivity contribution in [2.75, 3.05) is 27.2 Å². The van der Waals surface area contributed by atoms with E-state index < -0.39 is 5.97 Å². The van der Waals surface area contributed by atoms with E-state index in [9.17, 15) is 9.90 Å². The number of nitrogens with one attached hydrogen (secondary N) is 1. The number of carbonyl (C=O) groups is 1. The molecule has 1 aromatic heterocycles. The Morgan fingerprint density at radius 1 is 1.06 bits per heavy atom. The largest absolute Gasteiger partial charge is 0.494 e. The van der Waals surface area contributed by atoms with Gasteiger partial charge >= 0.3 is 5.97 Å². The van der Waals surface area contributed by atoms with Gasteiger partial charge in [0.25, 0.3) is 0 Å². The molecular weight excluding hydrogens is 522 g/mol. The average molecular weight is 550 g/mol. The van der Waals surface area contributed by atoms with Gasteiger partial charge in [0.15, 0.2) is 5.88 Å². The van der Waals surface area contributed by atoms with Crippen LogP contribution in [0.15, 0.2) is 76.2 Å². The number of carboxylic acid groups (broad SMARTS) is 1. The minimum Gasteiger partial charge on any atom is -0.494 e. The molecule has 0 saturated heterocycles. The number of H-pyrrole nitrogens is 1. The van der Waals surface area contributed by atoms with Crippen LogP contribution in [-0.2, 0) is 11.2 Å². The van der Waals surface area contributed by atoms with Crippen molar-refractivity contribution in [1.82, 2.24) is 9.88 Å². The van der Waals surface area contributed by atoms with E-state index in [2.05, 4.69) is 25.8 Å². The zero-order valence-electron chi connectivity index (χ0n) is 20.2. The summed E-state index contributed by atoms with van der Waals surface area (Å²) in [5, 5.41) is 20.7. The van der Waals surface area contributed by atoms with Crippen LogP contribution in [0.2, 0.25) is 0 Å². The van der Waals surface area contributed by atoms with Crippen LogP contribution >= 0.6 is 15.9 Å². The van der Waals surface area contributed by atoms with E-state index in [0.29, 0.717) is 30.0 Å². The lowest BCUT2D eigenvalue weighted by Crippen LogP contribution is -2.19. The maximum absolute atomic E-state index is 10.9. The Kier molecular flexibility index (Phi) is 8.07. The first-order chi connectivity index (χ1) is 17.3. The Morgan fingerprint density at radius 2 is 1.78 bits per heavy atom. The molecule has 186 valence electrons. The molecule has 36 heavy (non-hydrogen) atoms. The second kappa shape index (κ2) is 11.4. The van der Waals surface area contributed by atoms with E-state index in [4.69, 9.17) is 14.8 Å². The van der Waals surface area contributed by atoms with Gasteiger partial charge in [-0.1, -0.05) is 46.3 Å². The fourth-order valence-corrected chi connectivity index (χ4v) is 4.19. The number of aromatic amines is 1. The van der Waals surface area contributed by atoms with Gasteiger partial charge in [0.2, 0.25) is 0 Å². The van der Waals surface area contributed by atoms with Gasteiger partial charge in [-0.2, -0.15) is 0 Å². The molecule has 4 aromatic rings. The van der Waals surface area contributed by atoms with Gasteiger partial charge in [-0.15, -0.1) is 0 Å². The summed E-state index contributed by atoms with van der Waals surface area (Å²) in [5.74, 6) is -0.0364. The topological polar surface area (TPSA) is 98.2 Å². The van der Waals surface area contributed by atoms with E-state index in [1.54, 1.807) is 0 Å². The summed E-state index contributed by atoms with van der Waals surface area (Å²) in [6, 6.07) is 20.9. The van der Waals surface area contributed by atoms with Crippen molar-refractivity contribution in [2.24, 2.45) is 4.99 Å². The number of benzene rings is 3. The number of nitrogens with zero attached hydrogens (tertiary/aromatic N) is 2. The van der Waals surface area contributed by atoms with Gasteiger partial charge < -0.3 is 24.8 Å². The summed E-state index contributed by atoms with van der Waals surface area (Å²) >= 11 is 3.48. The number of hydrogen-bond donors (Lipinski definition) is 3. The zero-order valence-corrected chi connectivity index (χ0v) is 21.7. The zero-order chi connectivity index (χ0) is 25.7. The molecule has 3 N–H and O–H groups in total. The molecule has 0 fully saturated rings. The predicted octanol–water partition coefficient (Wildman–Crippen LogP) is 5.76. The molecule has 0 aliphatic carbocycles. The van der Waals surface area contributed by atoms with Gasteiger partial charge in [-0.05, 0) is 62.5 Å². The Labute approximate surface area is 218 Å². The number of aryl methyl sites for hydroxylation is 1. The summed E-state index contributed by atoms with van der Waals surface area (Å²) in [4.78, 5) is 21.0. The maximum Gasteiger partial charge on any atom is 0.303 e. The van der Waals surface area contributed by atoms with Crippen LogP contribution in [0.25, 0.3) is 10.9 Å². The van der Waals surface area contributed by atoms with E-state index in [-0.39, 0.29) is 12.3 Å². The van der Waals surface area contributed by atoms with Gasteiger partial charge in [-0.3, -0.25) is 4.79 Å². The SMILES string of the molecule is CN(C)CCOc1ccc(N=C(c2ccc(CCC(=O)O)cc2)c2c(O)[nH]c3cc(Br)ccc23)cc1. The summed E-state index contributed by atoms with van der Waals surface area (Å²) in [6.45, 7) is 1.41. The molecule has 0 bridgehead atoms. The van der Waals surface area contributed by atoms with Crippen molar-refractivity contribution >= 4 is 44.2 Å². The number of hydrogen-bond acceptors (Lipinski definition) is 5. The van der Waals surface area contributed by atoms with Crippen molar-refractivity contribution < 1.29 is 19.7 Å². The summed E-state index contributed by atoms with van der Waals surface area (Å²) in [5.41, 5.74) is 4.43. The molecule has 3 aromatic carbocycles. The Balaban J connectivity index is 1.72. The number of carboxylic acids is 1. The molecule has 7 nitrogen and oxygen atoms in total. The number of rotatable bonds is 10. The second-order valence-electron chi connectivity index (χ2n) is 8.74. The molecule has 1 heterocycles. The standard InChI is InChI=1S/C28H28BrN3O4/c1-32(2)15-16-36-22-11-9-21(10-12-22)30-27(19-6-3-18(4-7-19)5-14-25(33)34)26-23-13-8-20(29)17-24(23)31-28(26)35/h3-4,6-13,17,31,35H,5,14-16H2,1-2H3,(H,33,34). The number of aromatic nitrogens is 1. The van der Waals surface area contributed by atoms with Crippen LogP contribution in [0.5, 0.6) is 11.6 Å². The van der Waals surface area contributed by atoms with Gasteiger partial charge in [0.05, 0.1) is 22.5 Å². The molecule has 0 amide bonds. The van der Waals surface area contributed by atoms with Crippen molar-refractivity contribution in [3.05, 3.63) is 87.9 Å². The molecule has 0 aliphatic rings. The van der Waals surface area contributed by atoms with Crippen molar-refractivity contribution in [3.63, 3.8) is 0 Å². The van der Waals surface area contributed by atoms with Crippen LogP contribution in [-0.4, -0.2) is 59.0 Å². The Hall–Kier alpha value is -3.62. The van der Waals surface area contributed by atoms with Crippen LogP contribution in [0.4, 0.5) is 5.69 Å². The lowest BCUT2D eigenvalue weighted by Gasteiger charge is -2.11. The van der Waals surface area contributed by atoms with Crippen molar-refractivity contribution in [2.45, 2.75) is 12.8 Å². The third kappa shape index (κ3) is 6.33. The van der Waals surface area contributed by atoms with E-state index >= 15 is 0 Å². The summed E-state index contributed by atoms with van der Waals surface area (Å²) < 4.78 is 6.69. The highest BCUT2D eigenvalue weighted by atomic mass is 79.9. The summed E-state index contributed by atoms with van der Waals surface area (Å²) in [6.07, 6.45) is 0.519. The fraction of sp³-hybridized carbons (Fsp3) is 0.214. The van der Waals surface area contributed by atoms with Crippen molar-refractivity contribution in [1.29, 1.82) is 0 Å². The first kappa shape index (κ1) is 25.5. The van der Waals surface area contributed by atoms with Crippen LogP contribution in [0, 0.1) is 0 Å². The van der Waals surface area contributed by atoms with Crippen LogP contribution in [0.3, 0.4) is 0 Å². The molecule has 0 unspecified atom stereocenters. The van der Waals surface area contributed by atoms with Gasteiger partial charge in [0, 0.05) is 28.4 Å². The molecular formula is C28H28BrN3O4. The monoisotopic (exact) mass is 549 g/mol. The lowest BCUT2D eigenvalue weighted by atomic mass is 9.98. The molecule has 0 radical (unpaired) electrons. The van der Waals surface area contributed by atoms with Crippen LogP contribution in [0.1, 0.15) is 23.1 Å². The molecule has 0 saturated carbocycles. The van der Waals surface area contributed by atoms with Crippen molar-refractivity contribution in [3.8, 4) is 11.6 Å². The quantitative estimate of drug-likeness (QED) is 0.218. The Morgan fingerprint density at radius 3 is 2.44 bits per heavy atom. The predicted molar refractivity (Wildman–Crippen MR) is 146 cm³/mol. The smallest absolute Gasteiger partial charge is 0.303 e. The Bertz CT molecular complexity index is 1380. The number of aliphatic imine (C=N–C) groups is 1.